The van der Waals surface area contributed by atoms with Crippen LogP contribution in [0, 0.1) is 5.82 Å². The summed E-state index contributed by atoms with van der Waals surface area (Å²) in [6, 6.07) is 7.20. The molecule has 1 aromatic carbocycles. The summed E-state index contributed by atoms with van der Waals surface area (Å²) >= 11 is 1.57. The van der Waals surface area contributed by atoms with Gasteiger partial charge in [0.2, 0.25) is 0 Å². The molecule has 0 saturated carbocycles. The van der Waals surface area contributed by atoms with Gasteiger partial charge in [-0.1, -0.05) is 12.1 Å². The number of benzene rings is 1. The lowest BCUT2D eigenvalue weighted by molar-refractivity contribution is 0.0190. The van der Waals surface area contributed by atoms with Gasteiger partial charge in [0.15, 0.2) is 0 Å². The minimum atomic E-state index is -0.464. The van der Waals surface area contributed by atoms with Crippen molar-refractivity contribution >= 4 is 11.3 Å². The Balaban J connectivity index is 2.43. The molecular formula is C14H15FOS. The number of rotatable bonds is 3. The first-order valence-corrected chi connectivity index (χ1v) is 6.36. The summed E-state index contributed by atoms with van der Waals surface area (Å²) in [6.45, 7) is 3.85. The molecule has 0 bridgehead atoms. The molecule has 2 aromatic rings. The van der Waals surface area contributed by atoms with Crippen LogP contribution < -0.4 is 0 Å². The molecular weight excluding hydrogens is 235 g/mol. The zero-order chi connectivity index (χ0) is 12.5. The first-order valence-electron chi connectivity index (χ1n) is 5.42. The van der Waals surface area contributed by atoms with Gasteiger partial charge in [-0.15, -0.1) is 0 Å². The van der Waals surface area contributed by atoms with E-state index in [9.17, 15) is 4.39 Å². The maximum Gasteiger partial charge on any atom is 0.131 e. The van der Waals surface area contributed by atoms with Gasteiger partial charge in [-0.05, 0) is 47.9 Å². The lowest BCUT2D eigenvalue weighted by Crippen LogP contribution is -2.19. The quantitative estimate of drug-likeness (QED) is 0.782. The van der Waals surface area contributed by atoms with Crippen LogP contribution in [0.3, 0.4) is 0 Å². The number of methoxy groups -OCH3 is 1. The van der Waals surface area contributed by atoms with Crippen LogP contribution in [0.4, 0.5) is 4.39 Å². The first-order chi connectivity index (χ1) is 8.04. The number of hydrogen-bond donors (Lipinski definition) is 0. The van der Waals surface area contributed by atoms with Gasteiger partial charge in [0.25, 0.3) is 0 Å². The largest absolute Gasteiger partial charge is 0.374 e. The van der Waals surface area contributed by atoms with Crippen LogP contribution in [0.2, 0.25) is 0 Å². The highest BCUT2D eigenvalue weighted by atomic mass is 32.1. The number of ether oxygens (including phenoxy) is 1. The fraction of sp³-hybridized carbons (Fsp3) is 0.286. The Kier molecular flexibility index (Phi) is 3.31. The highest BCUT2D eigenvalue weighted by Gasteiger charge is 2.20. The fourth-order valence-corrected chi connectivity index (χ4v) is 2.32. The van der Waals surface area contributed by atoms with Gasteiger partial charge in [0.1, 0.15) is 5.82 Å². The summed E-state index contributed by atoms with van der Waals surface area (Å²) in [6.07, 6.45) is 0. The van der Waals surface area contributed by atoms with E-state index in [0.717, 1.165) is 11.1 Å². The summed E-state index contributed by atoms with van der Waals surface area (Å²) in [5.74, 6) is -0.203. The third kappa shape index (κ3) is 2.40. The van der Waals surface area contributed by atoms with Gasteiger partial charge >= 0.3 is 0 Å². The van der Waals surface area contributed by atoms with Crippen molar-refractivity contribution in [3.63, 3.8) is 0 Å². The van der Waals surface area contributed by atoms with Crippen LogP contribution in [0.1, 0.15) is 19.4 Å². The Hall–Kier alpha value is -1.19. The second-order valence-corrected chi connectivity index (χ2v) is 5.20. The summed E-state index contributed by atoms with van der Waals surface area (Å²) in [5.41, 5.74) is 1.95. The molecule has 0 unspecified atom stereocenters. The van der Waals surface area contributed by atoms with E-state index in [1.165, 1.54) is 0 Å². The molecule has 0 saturated heterocycles. The molecule has 0 amide bonds. The van der Waals surface area contributed by atoms with Gasteiger partial charge in [-0.25, -0.2) is 4.39 Å². The molecule has 1 nitrogen and oxygen atoms in total. The van der Waals surface area contributed by atoms with Crippen molar-refractivity contribution in [2.75, 3.05) is 7.11 Å². The van der Waals surface area contributed by atoms with E-state index < -0.39 is 5.60 Å². The van der Waals surface area contributed by atoms with Crippen molar-refractivity contribution in [3.05, 3.63) is 46.4 Å². The third-order valence-electron chi connectivity index (χ3n) is 3.01. The smallest absolute Gasteiger partial charge is 0.131 e. The van der Waals surface area contributed by atoms with Gasteiger partial charge < -0.3 is 4.74 Å². The van der Waals surface area contributed by atoms with E-state index in [2.05, 4.69) is 0 Å². The van der Waals surface area contributed by atoms with Crippen LogP contribution in [0.25, 0.3) is 11.1 Å². The van der Waals surface area contributed by atoms with E-state index in [0.29, 0.717) is 5.56 Å². The summed E-state index contributed by atoms with van der Waals surface area (Å²) in [5, 5.41) is 3.89. The van der Waals surface area contributed by atoms with Crippen molar-refractivity contribution in [1.29, 1.82) is 0 Å². The maximum absolute atomic E-state index is 14.0. The minimum Gasteiger partial charge on any atom is -0.374 e. The molecule has 17 heavy (non-hydrogen) atoms. The highest BCUT2D eigenvalue weighted by molar-refractivity contribution is 7.08. The van der Waals surface area contributed by atoms with Crippen LogP contribution in [0.5, 0.6) is 0 Å². The van der Waals surface area contributed by atoms with Crippen LogP contribution >= 0.6 is 11.3 Å². The average Bonchev–Trinajstić information content (AvgIpc) is 2.82. The van der Waals surface area contributed by atoms with E-state index in [1.807, 2.05) is 42.8 Å². The normalized spacial score (nSPS) is 11.8. The molecule has 90 valence electrons. The lowest BCUT2D eigenvalue weighted by Gasteiger charge is -2.23. The first kappa shape index (κ1) is 12.3. The van der Waals surface area contributed by atoms with Crippen LogP contribution in [-0.2, 0) is 10.3 Å². The Morgan fingerprint density at radius 3 is 2.53 bits per heavy atom. The maximum atomic E-state index is 14.0. The lowest BCUT2D eigenvalue weighted by atomic mass is 9.95. The van der Waals surface area contributed by atoms with Crippen molar-refractivity contribution in [3.8, 4) is 11.1 Å². The van der Waals surface area contributed by atoms with Crippen LogP contribution in [0.15, 0.2) is 35.0 Å². The Labute approximate surface area is 105 Å². The van der Waals surface area contributed by atoms with E-state index in [-0.39, 0.29) is 5.82 Å². The molecule has 0 spiro atoms. The van der Waals surface area contributed by atoms with E-state index in [1.54, 1.807) is 24.5 Å². The molecule has 0 aliphatic heterocycles. The molecule has 2 rings (SSSR count). The van der Waals surface area contributed by atoms with Gasteiger partial charge in [-0.3, -0.25) is 0 Å². The van der Waals surface area contributed by atoms with Crippen molar-refractivity contribution in [2.45, 2.75) is 19.4 Å². The summed E-state index contributed by atoms with van der Waals surface area (Å²) in [4.78, 5) is 0. The number of halogens is 1. The van der Waals surface area contributed by atoms with Crippen molar-refractivity contribution < 1.29 is 9.13 Å². The van der Waals surface area contributed by atoms with Crippen molar-refractivity contribution in [2.24, 2.45) is 0 Å². The molecule has 3 heteroatoms. The van der Waals surface area contributed by atoms with Gasteiger partial charge in [0, 0.05) is 12.7 Å². The van der Waals surface area contributed by atoms with Gasteiger partial charge in [-0.2, -0.15) is 11.3 Å². The Morgan fingerprint density at radius 2 is 2.00 bits per heavy atom. The molecule has 1 heterocycles. The molecule has 1 aromatic heterocycles. The van der Waals surface area contributed by atoms with Gasteiger partial charge in [0.05, 0.1) is 5.60 Å². The summed E-state index contributed by atoms with van der Waals surface area (Å²) in [7, 11) is 1.63. The monoisotopic (exact) mass is 250 g/mol. The second kappa shape index (κ2) is 4.59. The van der Waals surface area contributed by atoms with E-state index in [4.69, 9.17) is 4.74 Å². The topological polar surface area (TPSA) is 9.23 Å². The van der Waals surface area contributed by atoms with Crippen LogP contribution in [-0.4, -0.2) is 7.11 Å². The molecule has 0 N–H and O–H groups in total. The number of hydrogen-bond acceptors (Lipinski definition) is 2. The zero-order valence-electron chi connectivity index (χ0n) is 10.2. The van der Waals surface area contributed by atoms with E-state index >= 15 is 0 Å². The SMILES string of the molecule is COC(C)(C)c1ccc(-c2ccsc2)c(F)c1. The Bertz CT molecular complexity index is 503. The zero-order valence-corrected chi connectivity index (χ0v) is 11.0. The number of thiophene rings is 1. The summed E-state index contributed by atoms with van der Waals surface area (Å²) < 4.78 is 19.4. The predicted octanol–water partition coefficient (Wildman–Crippen LogP) is 4.44. The molecule has 0 radical (unpaired) electrons. The molecule has 0 fully saturated rings. The second-order valence-electron chi connectivity index (χ2n) is 4.42. The third-order valence-corrected chi connectivity index (χ3v) is 3.69. The molecule has 0 atom stereocenters. The standard InChI is InChI=1S/C14H15FOS/c1-14(2,16-3)11-4-5-12(13(15)8-11)10-6-7-17-9-10/h4-9H,1-3H3. The average molecular weight is 250 g/mol. The predicted molar refractivity (Wildman–Crippen MR) is 69.7 cm³/mol. The molecule has 0 aliphatic carbocycles. The molecule has 0 aliphatic rings. The van der Waals surface area contributed by atoms with Crippen molar-refractivity contribution in [1.82, 2.24) is 0 Å². The fourth-order valence-electron chi connectivity index (χ4n) is 1.66. The minimum absolute atomic E-state index is 0.203. The Morgan fingerprint density at radius 1 is 1.24 bits per heavy atom. The highest BCUT2D eigenvalue weighted by Crippen LogP contribution is 2.30.